The first-order valence-electron chi connectivity index (χ1n) is 16.6. The van der Waals surface area contributed by atoms with Crippen LogP contribution in [-0.4, -0.2) is 26.1 Å². The molecule has 0 atom stereocenters. The summed E-state index contributed by atoms with van der Waals surface area (Å²) in [5.74, 6) is -0.143. The van der Waals surface area contributed by atoms with Gasteiger partial charge in [0.2, 0.25) is 0 Å². The minimum absolute atomic E-state index is 0.00222. The molecule has 0 unspecified atom stereocenters. The molecule has 0 saturated heterocycles. The lowest BCUT2D eigenvalue weighted by Crippen LogP contribution is -2.15. The van der Waals surface area contributed by atoms with Crippen LogP contribution >= 0.6 is 0 Å². The summed E-state index contributed by atoms with van der Waals surface area (Å²) in [6.45, 7) is 12.6. The zero-order chi connectivity index (χ0) is 35.0. The summed E-state index contributed by atoms with van der Waals surface area (Å²) in [7, 11) is 0. The van der Waals surface area contributed by atoms with Gasteiger partial charge in [-0.15, -0.1) is 0 Å². The molecule has 1 heterocycles. The second-order valence-electron chi connectivity index (χ2n) is 12.7. The number of phenolic OH excluding ortho intramolecular Hbond substituents is 3. The van der Waals surface area contributed by atoms with E-state index in [0.29, 0.717) is 50.3 Å². The molecule has 49 heavy (non-hydrogen) atoms. The second-order valence-corrected chi connectivity index (χ2v) is 12.7. The van der Waals surface area contributed by atoms with E-state index in [0.717, 1.165) is 29.8 Å². The number of benzene rings is 5. The molecule has 0 fully saturated rings. The molecular formula is C42H40N2O5. The van der Waals surface area contributed by atoms with Crippen molar-refractivity contribution in [1.82, 2.24) is 4.98 Å². The van der Waals surface area contributed by atoms with E-state index in [1.54, 1.807) is 18.2 Å². The number of pyridine rings is 1. The maximum absolute atomic E-state index is 14.3. The van der Waals surface area contributed by atoms with Crippen LogP contribution in [-0.2, 0) is 5.41 Å². The van der Waals surface area contributed by atoms with Gasteiger partial charge in [-0.3, -0.25) is 4.79 Å². The topological polar surface area (TPSA) is 112 Å². The number of carbonyl (C=O) groups excluding carboxylic acids is 1. The molecule has 1 aliphatic rings. The van der Waals surface area contributed by atoms with Gasteiger partial charge < -0.3 is 25.4 Å². The van der Waals surface area contributed by atoms with Gasteiger partial charge in [0.15, 0.2) is 11.5 Å². The molecule has 1 aromatic heterocycles. The highest BCUT2D eigenvalue weighted by molar-refractivity contribution is 6.29. The molecule has 0 radical (unpaired) electrons. The number of carbonyl (C=O) groups is 1. The van der Waals surface area contributed by atoms with Gasteiger partial charge in [0, 0.05) is 34.8 Å². The summed E-state index contributed by atoms with van der Waals surface area (Å²) in [5.41, 5.74) is 6.71. The number of anilines is 2. The molecule has 248 valence electrons. The Kier molecular flexibility index (Phi) is 8.78. The molecule has 4 N–H and O–H groups in total. The lowest BCUT2D eigenvalue weighted by molar-refractivity contribution is 0.104. The number of ether oxygens (including phenoxy) is 1. The Labute approximate surface area is 286 Å². The van der Waals surface area contributed by atoms with E-state index >= 15 is 0 Å². The molecule has 5 aromatic carbocycles. The average Bonchev–Trinajstić information content (AvgIpc) is 3.09. The fraction of sp³-hybridized carbons (Fsp3) is 0.190. The van der Waals surface area contributed by atoms with Crippen LogP contribution in [0.25, 0.3) is 33.3 Å². The number of aromatic nitrogens is 1. The summed E-state index contributed by atoms with van der Waals surface area (Å²) in [6, 6.07) is 29.1. The maximum atomic E-state index is 14.3. The SMILES string of the molecule is CC.CCC(C)(C)c1ccc(Oc2cc(Nc3ccc(C)cc3)c3c4c(cc(-c5c(O)cc(O)cc5O)nc24)-c2ccccc2C3=O)cc1. The highest BCUT2D eigenvalue weighted by Crippen LogP contribution is 2.49. The fourth-order valence-corrected chi connectivity index (χ4v) is 6.14. The monoisotopic (exact) mass is 652 g/mol. The number of ketones is 1. The van der Waals surface area contributed by atoms with Gasteiger partial charge in [0.25, 0.3) is 0 Å². The number of hydrogen-bond acceptors (Lipinski definition) is 7. The average molecular weight is 653 g/mol. The standard InChI is InChI=1S/C40H34N2O5.C2H6/c1-5-40(3,4)23-12-16-26(17-13-23)47-34-21-31(41-24-14-10-22(2)11-15-24)37-35-29(27-8-6-7-9-28(27)39(37)46)20-30(42-38(34)35)36-32(44)18-25(43)19-33(36)45;1-2/h6-21,41,43-45H,5H2,1-4H3;1-2H3. The number of nitrogens with zero attached hydrogens (tertiary/aromatic N) is 1. The number of aryl methyl sites for hydroxylation is 1. The van der Waals surface area contributed by atoms with Crippen LogP contribution in [0.2, 0.25) is 0 Å². The van der Waals surface area contributed by atoms with Crippen molar-refractivity contribution >= 4 is 28.1 Å². The maximum Gasteiger partial charge on any atom is 0.196 e. The number of hydrogen-bond donors (Lipinski definition) is 4. The smallest absolute Gasteiger partial charge is 0.196 e. The van der Waals surface area contributed by atoms with Crippen LogP contribution in [0.15, 0.2) is 97.1 Å². The van der Waals surface area contributed by atoms with Gasteiger partial charge >= 0.3 is 0 Å². The van der Waals surface area contributed by atoms with Gasteiger partial charge in [-0.1, -0.05) is 88.7 Å². The number of phenols is 3. The van der Waals surface area contributed by atoms with Gasteiger partial charge in [-0.2, -0.15) is 0 Å². The molecule has 7 nitrogen and oxygen atoms in total. The fourth-order valence-electron chi connectivity index (χ4n) is 6.14. The van der Waals surface area contributed by atoms with Crippen molar-refractivity contribution in [3.05, 3.63) is 119 Å². The highest BCUT2D eigenvalue weighted by Gasteiger charge is 2.32. The Bertz CT molecular complexity index is 2180. The minimum atomic E-state index is -0.337. The van der Waals surface area contributed by atoms with E-state index in [-0.39, 0.29) is 39.7 Å². The van der Waals surface area contributed by atoms with Crippen LogP contribution in [0.5, 0.6) is 28.7 Å². The van der Waals surface area contributed by atoms with E-state index in [1.165, 1.54) is 5.56 Å². The summed E-state index contributed by atoms with van der Waals surface area (Å²) in [6.07, 6.45) is 0.981. The third kappa shape index (κ3) is 6.04. The molecule has 0 amide bonds. The van der Waals surface area contributed by atoms with Crippen molar-refractivity contribution in [3.63, 3.8) is 0 Å². The molecule has 0 spiro atoms. The Morgan fingerprint density at radius 1 is 0.776 bits per heavy atom. The normalized spacial score (nSPS) is 11.8. The van der Waals surface area contributed by atoms with E-state index in [4.69, 9.17) is 9.72 Å². The lowest BCUT2D eigenvalue weighted by atomic mass is 9.82. The zero-order valence-electron chi connectivity index (χ0n) is 28.6. The number of nitrogens with one attached hydrogen (secondary N) is 1. The van der Waals surface area contributed by atoms with Gasteiger partial charge in [0.05, 0.1) is 22.5 Å². The summed E-state index contributed by atoms with van der Waals surface area (Å²) < 4.78 is 6.58. The first-order chi connectivity index (χ1) is 23.5. The first kappa shape index (κ1) is 33.1. The summed E-state index contributed by atoms with van der Waals surface area (Å²) in [4.78, 5) is 19.2. The van der Waals surface area contributed by atoms with Crippen molar-refractivity contribution in [2.45, 2.75) is 53.4 Å². The predicted molar refractivity (Wildman–Crippen MR) is 197 cm³/mol. The van der Waals surface area contributed by atoms with Crippen molar-refractivity contribution in [2.24, 2.45) is 0 Å². The molecule has 0 saturated carbocycles. The van der Waals surface area contributed by atoms with Crippen LogP contribution in [0, 0.1) is 6.92 Å². The van der Waals surface area contributed by atoms with Crippen LogP contribution in [0.4, 0.5) is 11.4 Å². The molecular weight excluding hydrogens is 612 g/mol. The Morgan fingerprint density at radius 2 is 1.41 bits per heavy atom. The van der Waals surface area contributed by atoms with Gasteiger partial charge in [0.1, 0.15) is 28.5 Å². The van der Waals surface area contributed by atoms with Crippen molar-refractivity contribution < 1.29 is 24.9 Å². The highest BCUT2D eigenvalue weighted by atomic mass is 16.5. The molecule has 6 aromatic rings. The molecule has 1 aliphatic carbocycles. The minimum Gasteiger partial charge on any atom is -0.508 e. The third-order valence-electron chi connectivity index (χ3n) is 9.15. The van der Waals surface area contributed by atoms with Crippen molar-refractivity contribution in [2.75, 3.05) is 5.32 Å². The lowest BCUT2D eigenvalue weighted by Gasteiger charge is -2.25. The predicted octanol–water partition coefficient (Wildman–Crippen LogP) is 10.8. The molecule has 0 bridgehead atoms. The van der Waals surface area contributed by atoms with Gasteiger partial charge in [-0.25, -0.2) is 4.98 Å². The van der Waals surface area contributed by atoms with E-state index in [1.807, 2.05) is 75.4 Å². The Hall–Kier alpha value is -5.82. The largest absolute Gasteiger partial charge is 0.508 e. The molecule has 7 rings (SSSR count). The molecule has 0 aliphatic heterocycles. The Balaban J connectivity index is 0.00000205. The zero-order valence-corrected chi connectivity index (χ0v) is 28.6. The second kappa shape index (κ2) is 13.0. The van der Waals surface area contributed by atoms with Crippen molar-refractivity contribution in [3.8, 4) is 51.1 Å². The van der Waals surface area contributed by atoms with Crippen LogP contribution in [0.3, 0.4) is 0 Å². The van der Waals surface area contributed by atoms with E-state index < -0.39 is 0 Å². The van der Waals surface area contributed by atoms with E-state index in [9.17, 15) is 20.1 Å². The van der Waals surface area contributed by atoms with Crippen molar-refractivity contribution in [1.29, 1.82) is 0 Å². The van der Waals surface area contributed by atoms with Crippen LogP contribution in [0.1, 0.15) is 68.1 Å². The number of fused-ring (bicyclic) bond motifs is 2. The van der Waals surface area contributed by atoms with Crippen LogP contribution < -0.4 is 10.1 Å². The number of aromatic hydroxyl groups is 3. The van der Waals surface area contributed by atoms with Gasteiger partial charge in [-0.05, 0) is 65.8 Å². The quantitative estimate of drug-likeness (QED) is 0.136. The molecule has 7 heteroatoms. The third-order valence-corrected chi connectivity index (χ3v) is 9.15. The number of rotatable bonds is 7. The Morgan fingerprint density at radius 3 is 2.04 bits per heavy atom. The first-order valence-corrected chi connectivity index (χ1v) is 16.6. The summed E-state index contributed by atoms with van der Waals surface area (Å²) in [5, 5.41) is 35.8. The van der Waals surface area contributed by atoms with E-state index in [2.05, 4.69) is 38.2 Å². The summed E-state index contributed by atoms with van der Waals surface area (Å²) >= 11 is 0.